The fraction of sp³-hybridized carbons (Fsp3) is 0.0455. The third kappa shape index (κ3) is 10.2. The van der Waals surface area contributed by atoms with Crippen LogP contribution in [0.1, 0.15) is 20.7 Å². The average Bonchev–Trinajstić information content (AvgIpc) is 3.81. The fourth-order valence-electron chi connectivity index (χ4n) is 5.83. The number of hydrogen-bond acceptors (Lipinski definition) is 7. The van der Waals surface area contributed by atoms with Crippen LogP contribution in [0.25, 0.3) is 45.0 Å². The Bertz CT molecular complexity index is 2810. The number of aryl methyl sites for hydroxylation is 2. The van der Waals surface area contributed by atoms with Crippen LogP contribution in [0.4, 0.5) is 38.0 Å². The highest BCUT2D eigenvalue weighted by Crippen LogP contribution is 2.29. The van der Waals surface area contributed by atoms with E-state index in [0.29, 0.717) is 39.6 Å². The molecule has 0 bridgehead atoms. The van der Waals surface area contributed by atoms with Gasteiger partial charge in [-0.15, -0.1) is 0 Å². The Labute approximate surface area is 348 Å². The first-order chi connectivity index (χ1) is 29.2. The number of nitrogens with two attached hydrogens (primary N) is 1. The van der Waals surface area contributed by atoms with E-state index in [2.05, 4.69) is 25.5 Å². The minimum absolute atomic E-state index is 0.128. The first kappa shape index (κ1) is 43.0. The molecule has 0 aliphatic heterocycles. The molecule has 0 fully saturated rings. The molecule has 0 aliphatic carbocycles. The van der Waals surface area contributed by atoms with E-state index >= 15 is 0 Å². The van der Waals surface area contributed by atoms with Gasteiger partial charge in [0.05, 0.1) is 22.8 Å². The summed E-state index contributed by atoms with van der Waals surface area (Å²) >= 11 is 4.89. The van der Waals surface area contributed by atoms with Crippen molar-refractivity contribution in [1.82, 2.24) is 29.5 Å². The van der Waals surface area contributed by atoms with Crippen molar-refractivity contribution in [3.05, 3.63) is 180 Å². The second-order valence-corrected chi connectivity index (χ2v) is 13.2. The number of nitrogens with one attached hydrogen (secondary N) is 1. The molecular weight excluding hydrogens is 822 g/mol. The van der Waals surface area contributed by atoms with Crippen LogP contribution < -0.4 is 11.1 Å². The van der Waals surface area contributed by atoms with Crippen molar-refractivity contribution >= 4 is 34.4 Å². The van der Waals surface area contributed by atoms with Crippen LogP contribution in [-0.2, 0) is 14.1 Å². The van der Waals surface area contributed by atoms with Gasteiger partial charge in [-0.2, -0.15) is 10.2 Å². The van der Waals surface area contributed by atoms with Crippen molar-refractivity contribution in [2.24, 2.45) is 14.1 Å². The van der Waals surface area contributed by atoms with Crippen molar-refractivity contribution in [2.75, 3.05) is 11.1 Å². The van der Waals surface area contributed by atoms with Crippen LogP contribution in [0, 0.1) is 34.9 Å². The number of amides is 1. The zero-order valence-electron chi connectivity index (χ0n) is 31.9. The second kappa shape index (κ2) is 19.0. The molecule has 0 atom stereocenters. The number of carbonyl (C=O) groups excluding carboxylic acids is 2. The Morgan fingerprint density at radius 1 is 0.557 bits per heavy atom. The van der Waals surface area contributed by atoms with Crippen LogP contribution in [0.3, 0.4) is 0 Å². The maximum absolute atomic E-state index is 14.0. The molecular formula is C44H31ClF6N8O2. The van der Waals surface area contributed by atoms with Gasteiger partial charge in [0.2, 0.25) is 0 Å². The number of carbonyl (C=O) groups is 2. The molecule has 10 nitrogen and oxygen atoms in total. The number of anilines is 2. The van der Waals surface area contributed by atoms with E-state index in [-0.39, 0.29) is 17.5 Å². The number of nitrogens with zero attached hydrogens (tertiary/aromatic N) is 6. The lowest BCUT2D eigenvalue weighted by Crippen LogP contribution is -2.16. The molecule has 8 rings (SSSR count). The topological polar surface area (TPSA) is 134 Å². The molecule has 0 radical (unpaired) electrons. The van der Waals surface area contributed by atoms with Gasteiger partial charge in [0, 0.05) is 48.7 Å². The van der Waals surface area contributed by atoms with E-state index in [1.54, 1.807) is 77.2 Å². The number of halogens is 7. The first-order valence-electron chi connectivity index (χ1n) is 17.9. The van der Waals surface area contributed by atoms with Crippen molar-refractivity contribution in [3.8, 4) is 45.0 Å². The normalized spacial score (nSPS) is 10.6. The summed E-state index contributed by atoms with van der Waals surface area (Å²) in [5.41, 5.74) is 9.22. The first-order valence-corrected chi connectivity index (χ1v) is 18.2. The Morgan fingerprint density at radius 2 is 0.984 bits per heavy atom. The van der Waals surface area contributed by atoms with Gasteiger partial charge in [0.15, 0.2) is 0 Å². The molecule has 0 unspecified atom stereocenters. The molecule has 308 valence electrons. The maximum Gasteiger partial charge on any atom is 0.262 e. The predicted octanol–water partition coefficient (Wildman–Crippen LogP) is 10.0. The molecule has 4 aromatic heterocycles. The van der Waals surface area contributed by atoms with Crippen molar-refractivity contribution in [1.29, 1.82) is 0 Å². The lowest BCUT2D eigenvalue weighted by molar-refractivity contribution is 0.101. The van der Waals surface area contributed by atoms with Crippen LogP contribution in [-0.4, -0.2) is 40.7 Å². The number of nitrogen functional groups attached to an aromatic ring is 1. The minimum atomic E-state index is -1.12. The van der Waals surface area contributed by atoms with Gasteiger partial charge in [-0.25, -0.2) is 36.3 Å². The molecule has 0 aliphatic rings. The van der Waals surface area contributed by atoms with Crippen LogP contribution in [0.5, 0.6) is 0 Å². The molecule has 4 aromatic carbocycles. The predicted molar refractivity (Wildman–Crippen MR) is 219 cm³/mol. The van der Waals surface area contributed by atoms with E-state index < -0.39 is 45.5 Å². The van der Waals surface area contributed by atoms with Gasteiger partial charge in [-0.3, -0.25) is 19.0 Å². The van der Waals surface area contributed by atoms with Crippen molar-refractivity contribution in [3.63, 3.8) is 0 Å². The molecule has 8 aromatic rings. The van der Waals surface area contributed by atoms with Gasteiger partial charge < -0.3 is 11.1 Å². The molecule has 1 amide bonds. The Kier molecular flexibility index (Phi) is 13.4. The van der Waals surface area contributed by atoms with E-state index in [4.69, 9.17) is 17.3 Å². The highest BCUT2D eigenvalue weighted by molar-refractivity contribution is 6.67. The highest BCUT2D eigenvalue weighted by atomic mass is 35.5. The molecule has 0 saturated carbocycles. The lowest BCUT2D eigenvalue weighted by atomic mass is 10.1. The number of rotatable bonds is 7. The van der Waals surface area contributed by atoms with Crippen molar-refractivity contribution in [2.45, 2.75) is 0 Å². The van der Waals surface area contributed by atoms with E-state index in [0.717, 1.165) is 41.6 Å². The Morgan fingerprint density at radius 3 is 1.38 bits per heavy atom. The van der Waals surface area contributed by atoms with Gasteiger partial charge in [0.1, 0.15) is 57.7 Å². The SMILES string of the molecule is Cn1nc(-c2ccccc2F)cc1-c1ccc(N)nc1.Cn1nc(-c2ccccc2F)cc1-c1ccc(NC(=O)c2c(F)cccc2F)nc1.O=C(Cl)c1c(F)cccc1F. The quantitative estimate of drug-likeness (QED) is 0.120. The summed E-state index contributed by atoms with van der Waals surface area (Å²) in [6.07, 6.45) is 3.16. The second-order valence-electron chi connectivity index (χ2n) is 12.9. The third-order valence-corrected chi connectivity index (χ3v) is 8.98. The summed E-state index contributed by atoms with van der Waals surface area (Å²) in [5, 5.41) is 9.95. The van der Waals surface area contributed by atoms with Gasteiger partial charge in [-0.1, -0.05) is 36.4 Å². The largest absolute Gasteiger partial charge is 0.384 e. The van der Waals surface area contributed by atoms with Crippen LogP contribution in [0.2, 0.25) is 0 Å². The zero-order chi connectivity index (χ0) is 43.8. The van der Waals surface area contributed by atoms with Gasteiger partial charge >= 0.3 is 0 Å². The Hall–Kier alpha value is -7.59. The van der Waals surface area contributed by atoms with Gasteiger partial charge in [0.25, 0.3) is 11.1 Å². The number of benzene rings is 4. The lowest BCUT2D eigenvalue weighted by Gasteiger charge is -2.07. The van der Waals surface area contributed by atoms with E-state index in [1.165, 1.54) is 30.5 Å². The molecule has 17 heteroatoms. The average molecular weight is 853 g/mol. The molecule has 3 N–H and O–H groups in total. The smallest absolute Gasteiger partial charge is 0.262 e. The summed E-state index contributed by atoms with van der Waals surface area (Å²) in [5.74, 6) is -4.80. The summed E-state index contributed by atoms with van der Waals surface area (Å²) in [6.45, 7) is 0. The standard InChI is InChI=1S/C22H15F3N4O.C15H13FN4.C7H3ClF2O/c1-29-19(11-18(28-29)14-5-2-3-6-15(14)23)13-9-10-20(26-12-13)27-22(30)21-16(24)7-4-8-17(21)25;1-20-14(10-6-7-15(17)18-9-10)8-13(19-20)11-4-2-3-5-12(11)16;8-7(11)6-4(9)2-1-3-5(6)10/h2-12H,1H3,(H,26,27,30);2-9H,1H3,(H2,17,18);1-3H. The number of aromatic nitrogens is 6. The number of hydrogen-bond donors (Lipinski definition) is 2. The van der Waals surface area contributed by atoms with Gasteiger partial charge in [-0.05, 0) is 96.5 Å². The molecule has 0 spiro atoms. The van der Waals surface area contributed by atoms with E-state index in [9.17, 15) is 35.9 Å². The maximum atomic E-state index is 14.0. The van der Waals surface area contributed by atoms with Crippen LogP contribution >= 0.6 is 11.6 Å². The van der Waals surface area contributed by atoms with Crippen molar-refractivity contribution < 1.29 is 35.9 Å². The number of pyridine rings is 2. The summed E-state index contributed by atoms with van der Waals surface area (Å²) in [7, 11) is 3.53. The fourth-order valence-corrected chi connectivity index (χ4v) is 6.01. The minimum Gasteiger partial charge on any atom is -0.384 e. The molecule has 61 heavy (non-hydrogen) atoms. The summed E-state index contributed by atoms with van der Waals surface area (Å²) < 4.78 is 83.7. The zero-order valence-corrected chi connectivity index (χ0v) is 32.7. The molecule has 0 saturated heterocycles. The molecule has 4 heterocycles. The monoisotopic (exact) mass is 852 g/mol. The third-order valence-electron chi connectivity index (χ3n) is 8.79. The van der Waals surface area contributed by atoms with E-state index in [1.807, 2.05) is 19.2 Å². The van der Waals surface area contributed by atoms with Crippen LogP contribution in [0.15, 0.2) is 134 Å². The summed E-state index contributed by atoms with van der Waals surface area (Å²) in [4.78, 5) is 30.7. The Balaban J connectivity index is 0.000000172. The summed E-state index contributed by atoms with van der Waals surface area (Å²) in [6, 6.07) is 29.5. The highest BCUT2D eigenvalue weighted by Gasteiger charge is 2.19.